The number of likely N-dealkylation sites (N-methyl/N-ethyl adjacent to an activating group) is 1. The van der Waals surface area contributed by atoms with Crippen LogP contribution in [0.1, 0.15) is 59.9 Å². The molecule has 3 aromatic carbocycles. The van der Waals surface area contributed by atoms with Gasteiger partial charge in [-0.2, -0.15) is 0 Å². The molecule has 33 heavy (non-hydrogen) atoms. The Balaban J connectivity index is 1.66. The minimum atomic E-state index is 0.0587. The molecule has 3 aromatic rings. The van der Waals surface area contributed by atoms with E-state index in [-0.39, 0.29) is 11.8 Å². The van der Waals surface area contributed by atoms with Crippen LogP contribution in [0, 0.1) is 0 Å². The maximum Gasteiger partial charge on any atom is 0.246 e. The first-order valence-corrected chi connectivity index (χ1v) is 11.9. The molecule has 0 saturated carbocycles. The molecule has 1 aliphatic carbocycles. The van der Waals surface area contributed by atoms with Gasteiger partial charge in [-0.1, -0.05) is 60.7 Å². The smallest absolute Gasteiger partial charge is 0.246 e. The fourth-order valence-corrected chi connectivity index (χ4v) is 5.02. The molecule has 0 N–H and O–H groups in total. The standard InChI is InChI=1S/C30H33NO2/c1-4-31(5-2)29(32)20-13-22-11-14-24(15-12-22)30-27(23-9-7-6-8-10-23)18-16-25-21-26(33-3)17-19-28(25)30/h6-15,17,19-21,27,30H,4-5,16,18H2,1-3H3/b20-13-. The zero-order valence-corrected chi connectivity index (χ0v) is 19.8. The number of aryl methyl sites for hydroxylation is 1. The molecule has 4 rings (SSSR count). The van der Waals surface area contributed by atoms with E-state index in [9.17, 15) is 4.79 Å². The van der Waals surface area contributed by atoms with Gasteiger partial charge in [0.1, 0.15) is 5.75 Å². The maximum atomic E-state index is 12.3. The number of fused-ring (bicyclic) bond motifs is 1. The third kappa shape index (κ3) is 5.03. The van der Waals surface area contributed by atoms with Crippen LogP contribution in [0.4, 0.5) is 0 Å². The van der Waals surface area contributed by atoms with Crippen molar-refractivity contribution in [3.63, 3.8) is 0 Å². The number of ether oxygens (including phenoxy) is 1. The van der Waals surface area contributed by atoms with E-state index in [1.54, 1.807) is 13.2 Å². The van der Waals surface area contributed by atoms with Gasteiger partial charge in [-0.15, -0.1) is 0 Å². The highest BCUT2D eigenvalue weighted by Gasteiger charge is 2.32. The van der Waals surface area contributed by atoms with Gasteiger partial charge in [-0.05, 0) is 78.6 Å². The van der Waals surface area contributed by atoms with Crippen molar-refractivity contribution in [3.05, 3.63) is 107 Å². The average Bonchev–Trinajstić information content (AvgIpc) is 2.88. The molecule has 170 valence electrons. The molecule has 0 heterocycles. The van der Waals surface area contributed by atoms with Crippen molar-refractivity contribution in [2.45, 2.75) is 38.5 Å². The molecule has 3 nitrogen and oxygen atoms in total. The summed E-state index contributed by atoms with van der Waals surface area (Å²) in [5.41, 5.74) is 6.50. The molecule has 2 unspecified atom stereocenters. The van der Waals surface area contributed by atoms with E-state index < -0.39 is 0 Å². The normalized spacial score (nSPS) is 17.5. The van der Waals surface area contributed by atoms with Crippen molar-refractivity contribution in [2.75, 3.05) is 20.2 Å². The number of rotatable bonds is 7. The quantitative estimate of drug-likeness (QED) is 0.397. The van der Waals surface area contributed by atoms with Gasteiger partial charge >= 0.3 is 0 Å². The molecule has 2 atom stereocenters. The molecule has 0 aliphatic heterocycles. The average molecular weight is 440 g/mol. The minimum Gasteiger partial charge on any atom is -0.497 e. The number of carbonyl (C=O) groups is 1. The summed E-state index contributed by atoms with van der Waals surface area (Å²) in [5.74, 6) is 1.70. The fourth-order valence-electron chi connectivity index (χ4n) is 5.02. The Bertz CT molecular complexity index is 1100. The highest BCUT2D eigenvalue weighted by atomic mass is 16.5. The zero-order chi connectivity index (χ0) is 23.2. The Morgan fingerprint density at radius 3 is 2.36 bits per heavy atom. The van der Waals surface area contributed by atoms with Gasteiger partial charge < -0.3 is 9.64 Å². The molecule has 0 saturated heterocycles. The summed E-state index contributed by atoms with van der Waals surface area (Å²) in [4.78, 5) is 14.1. The molecule has 0 bridgehead atoms. The largest absolute Gasteiger partial charge is 0.497 e. The Hall–Kier alpha value is -3.33. The minimum absolute atomic E-state index is 0.0587. The van der Waals surface area contributed by atoms with Gasteiger partial charge in [0.05, 0.1) is 7.11 Å². The predicted octanol–water partition coefficient (Wildman–Crippen LogP) is 6.44. The highest BCUT2D eigenvalue weighted by Crippen LogP contribution is 2.47. The van der Waals surface area contributed by atoms with Crippen LogP contribution < -0.4 is 4.74 Å². The first-order chi connectivity index (χ1) is 16.1. The summed E-state index contributed by atoms with van der Waals surface area (Å²) in [6.45, 7) is 5.46. The zero-order valence-electron chi connectivity index (χ0n) is 19.8. The van der Waals surface area contributed by atoms with Crippen molar-refractivity contribution in [1.82, 2.24) is 4.90 Å². The van der Waals surface area contributed by atoms with Crippen LogP contribution in [0.5, 0.6) is 5.75 Å². The van der Waals surface area contributed by atoms with Crippen LogP contribution in [0.25, 0.3) is 6.08 Å². The second-order valence-corrected chi connectivity index (χ2v) is 8.61. The topological polar surface area (TPSA) is 29.5 Å². The fraction of sp³-hybridized carbons (Fsp3) is 0.300. The molecule has 1 aliphatic rings. The predicted molar refractivity (Wildman–Crippen MR) is 136 cm³/mol. The van der Waals surface area contributed by atoms with E-state index in [1.807, 2.05) is 24.8 Å². The summed E-state index contributed by atoms with van der Waals surface area (Å²) in [5, 5.41) is 0. The van der Waals surface area contributed by atoms with Crippen LogP contribution in [-0.2, 0) is 11.2 Å². The van der Waals surface area contributed by atoms with E-state index in [4.69, 9.17) is 4.74 Å². The molecule has 1 amide bonds. The van der Waals surface area contributed by atoms with Crippen LogP contribution in [0.15, 0.2) is 78.9 Å². The van der Waals surface area contributed by atoms with E-state index in [0.717, 1.165) is 37.2 Å². The number of nitrogens with zero attached hydrogens (tertiary/aromatic N) is 1. The second kappa shape index (κ2) is 10.5. The van der Waals surface area contributed by atoms with E-state index in [0.29, 0.717) is 5.92 Å². The lowest BCUT2D eigenvalue weighted by Gasteiger charge is -2.35. The number of hydrogen-bond acceptors (Lipinski definition) is 2. The second-order valence-electron chi connectivity index (χ2n) is 8.61. The lowest BCUT2D eigenvalue weighted by atomic mass is 9.69. The van der Waals surface area contributed by atoms with Crippen molar-refractivity contribution in [3.8, 4) is 5.75 Å². The third-order valence-corrected chi connectivity index (χ3v) is 6.83. The molecular formula is C30H33NO2. The SMILES string of the molecule is CCN(CC)C(=O)/C=C\c1ccc(C2c3ccc(OC)cc3CCC2c2ccccc2)cc1. The molecule has 0 aromatic heterocycles. The van der Waals surface area contributed by atoms with Crippen LogP contribution in [-0.4, -0.2) is 31.0 Å². The Labute approximate surface area is 197 Å². The molecular weight excluding hydrogens is 406 g/mol. The maximum absolute atomic E-state index is 12.3. The van der Waals surface area contributed by atoms with Crippen LogP contribution >= 0.6 is 0 Å². The third-order valence-electron chi connectivity index (χ3n) is 6.83. The first kappa shape index (κ1) is 22.8. The van der Waals surface area contributed by atoms with Crippen molar-refractivity contribution in [1.29, 1.82) is 0 Å². The van der Waals surface area contributed by atoms with Crippen molar-refractivity contribution < 1.29 is 9.53 Å². The Morgan fingerprint density at radius 1 is 0.970 bits per heavy atom. The molecule has 0 fully saturated rings. The van der Waals surface area contributed by atoms with Crippen molar-refractivity contribution in [2.24, 2.45) is 0 Å². The Morgan fingerprint density at radius 2 is 1.70 bits per heavy atom. The molecule has 0 spiro atoms. The van der Waals surface area contributed by atoms with Gasteiger partial charge in [0, 0.05) is 25.1 Å². The monoisotopic (exact) mass is 439 g/mol. The first-order valence-electron chi connectivity index (χ1n) is 11.9. The van der Waals surface area contributed by atoms with Gasteiger partial charge in [0.15, 0.2) is 0 Å². The summed E-state index contributed by atoms with van der Waals surface area (Å²) in [7, 11) is 1.73. The van der Waals surface area contributed by atoms with E-state index in [2.05, 4.69) is 72.8 Å². The van der Waals surface area contributed by atoms with Gasteiger partial charge in [0.25, 0.3) is 0 Å². The summed E-state index contributed by atoms with van der Waals surface area (Å²) >= 11 is 0. The number of carbonyl (C=O) groups excluding carboxylic acids is 1. The number of methoxy groups -OCH3 is 1. The molecule has 0 radical (unpaired) electrons. The van der Waals surface area contributed by atoms with Crippen LogP contribution in [0.3, 0.4) is 0 Å². The lowest BCUT2D eigenvalue weighted by Crippen LogP contribution is -2.28. The number of amides is 1. The summed E-state index contributed by atoms with van der Waals surface area (Å²) in [6, 6.07) is 26.1. The summed E-state index contributed by atoms with van der Waals surface area (Å²) < 4.78 is 5.49. The van der Waals surface area contributed by atoms with Gasteiger partial charge in [-0.3, -0.25) is 4.79 Å². The number of hydrogen-bond donors (Lipinski definition) is 0. The van der Waals surface area contributed by atoms with Gasteiger partial charge in [0.2, 0.25) is 5.91 Å². The molecule has 3 heteroatoms. The van der Waals surface area contributed by atoms with E-state index >= 15 is 0 Å². The Kier molecular flexibility index (Phi) is 7.29. The van der Waals surface area contributed by atoms with Crippen LogP contribution in [0.2, 0.25) is 0 Å². The van der Waals surface area contributed by atoms with E-state index in [1.165, 1.54) is 22.3 Å². The van der Waals surface area contributed by atoms with Gasteiger partial charge in [-0.25, -0.2) is 0 Å². The summed E-state index contributed by atoms with van der Waals surface area (Å²) in [6.07, 6.45) is 5.75. The van der Waals surface area contributed by atoms with Crippen molar-refractivity contribution >= 4 is 12.0 Å². The highest BCUT2D eigenvalue weighted by molar-refractivity contribution is 5.91. The number of benzene rings is 3. The lowest BCUT2D eigenvalue weighted by molar-refractivity contribution is -0.125.